The summed E-state index contributed by atoms with van der Waals surface area (Å²) in [7, 11) is 1.91. The summed E-state index contributed by atoms with van der Waals surface area (Å²) in [6.45, 7) is 5.84. The Labute approximate surface area is 235 Å². The molecule has 1 aliphatic rings. The van der Waals surface area contributed by atoms with Gasteiger partial charge in [0.05, 0.1) is 12.3 Å². The molecule has 1 aliphatic heterocycles. The number of anilines is 4. The Hall–Kier alpha value is -4.53. The summed E-state index contributed by atoms with van der Waals surface area (Å²) in [5.41, 5.74) is 1.41. The Morgan fingerprint density at radius 1 is 1.18 bits per heavy atom. The van der Waals surface area contributed by atoms with Crippen LogP contribution < -0.4 is 20.4 Å². The third-order valence-corrected chi connectivity index (χ3v) is 7.08. The first-order valence-electron chi connectivity index (χ1n) is 12.6. The van der Waals surface area contributed by atoms with Crippen LogP contribution in [0.2, 0.25) is 0 Å². The number of pyridine rings is 1. The normalized spacial score (nSPS) is 13.1. The van der Waals surface area contributed by atoms with Gasteiger partial charge in [-0.25, -0.2) is 14.6 Å². The fraction of sp³-hybridized carbons (Fsp3) is 0.400. The molecule has 1 fully saturated rings. The minimum absolute atomic E-state index is 0.143. The van der Waals surface area contributed by atoms with E-state index in [4.69, 9.17) is 4.74 Å². The third-order valence-electron chi connectivity index (χ3n) is 6.02. The summed E-state index contributed by atoms with van der Waals surface area (Å²) in [4.78, 5) is 59.1. The van der Waals surface area contributed by atoms with Crippen LogP contribution in [0.5, 0.6) is 0 Å². The molecule has 0 aliphatic carbocycles. The van der Waals surface area contributed by atoms with Gasteiger partial charge in [-0.05, 0) is 25.5 Å². The quantitative estimate of drug-likeness (QED) is 0.305. The highest BCUT2D eigenvalue weighted by Crippen LogP contribution is 2.28. The number of aromatic carboxylic acids is 1. The van der Waals surface area contributed by atoms with Crippen molar-refractivity contribution in [3.05, 3.63) is 46.7 Å². The summed E-state index contributed by atoms with van der Waals surface area (Å²) in [6, 6.07) is 5.38. The van der Waals surface area contributed by atoms with Crippen molar-refractivity contribution in [3.63, 3.8) is 0 Å². The number of piperazine rings is 1. The van der Waals surface area contributed by atoms with Gasteiger partial charge in [-0.15, -0.1) is 0 Å². The van der Waals surface area contributed by atoms with Crippen molar-refractivity contribution in [1.82, 2.24) is 30.2 Å². The number of amides is 2. The number of carbonyl (C=O) groups excluding carboxylic acids is 2. The van der Waals surface area contributed by atoms with Crippen molar-refractivity contribution in [2.75, 3.05) is 61.5 Å². The summed E-state index contributed by atoms with van der Waals surface area (Å²) in [6.07, 6.45) is 3.50. The third kappa shape index (κ3) is 7.31. The number of hydrogen-bond acceptors (Lipinski definition) is 12. The topological polar surface area (TPSA) is 166 Å². The molecule has 0 aromatic carbocycles. The van der Waals surface area contributed by atoms with Crippen LogP contribution in [0.1, 0.15) is 27.9 Å². The smallest absolute Gasteiger partial charge is 0.347 e. The van der Waals surface area contributed by atoms with E-state index in [2.05, 4.69) is 30.6 Å². The molecule has 3 N–H and O–H groups in total. The minimum Gasteiger partial charge on any atom is -0.477 e. The van der Waals surface area contributed by atoms with Crippen LogP contribution in [-0.2, 0) is 16.1 Å². The van der Waals surface area contributed by atoms with E-state index in [1.54, 1.807) is 31.1 Å². The molecule has 14 nitrogen and oxygen atoms in total. The zero-order valence-corrected chi connectivity index (χ0v) is 23.3. The number of carboxylic acids is 1. The van der Waals surface area contributed by atoms with Crippen molar-refractivity contribution >= 4 is 52.0 Å². The number of thiazole rings is 1. The molecule has 0 atom stereocenters. The van der Waals surface area contributed by atoms with Crippen molar-refractivity contribution in [1.29, 1.82) is 0 Å². The van der Waals surface area contributed by atoms with Crippen molar-refractivity contribution < 1.29 is 24.2 Å². The van der Waals surface area contributed by atoms with E-state index >= 15 is 0 Å². The van der Waals surface area contributed by atoms with E-state index < -0.39 is 11.9 Å². The molecular formula is C25H31N9O5S. The Kier molecular flexibility index (Phi) is 9.27. The van der Waals surface area contributed by atoms with E-state index in [-0.39, 0.29) is 30.0 Å². The molecule has 40 heavy (non-hydrogen) atoms. The minimum atomic E-state index is -1.04. The van der Waals surface area contributed by atoms with Gasteiger partial charge in [0, 0.05) is 58.2 Å². The standard InChI is InChI=1S/C25H31N9O5S/c1-4-39-20(35)14-27-25(38)34-10-8-33(9-11-34)19-12-18(32(3)15-17-6-5-7-26-13-17)29-23(30-19)31-24-28-16(2)21(40-24)22(36)37/h5-7,12-13H,4,8-11,14-15H2,1-3H3,(H,27,38)(H,36,37)(H,28,29,30,31). The van der Waals surface area contributed by atoms with Crippen molar-refractivity contribution in [2.45, 2.75) is 20.4 Å². The monoisotopic (exact) mass is 569 g/mol. The molecule has 1 saturated heterocycles. The molecular weight excluding hydrogens is 538 g/mol. The predicted octanol–water partition coefficient (Wildman–Crippen LogP) is 2.11. The fourth-order valence-corrected chi connectivity index (χ4v) is 4.84. The van der Waals surface area contributed by atoms with Gasteiger partial charge in [0.2, 0.25) is 5.95 Å². The van der Waals surface area contributed by atoms with E-state index in [0.29, 0.717) is 55.2 Å². The van der Waals surface area contributed by atoms with E-state index in [9.17, 15) is 19.5 Å². The Morgan fingerprint density at radius 3 is 2.60 bits per heavy atom. The molecule has 4 heterocycles. The lowest BCUT2D eigenvalue weighted by atomic mass is 10.2. The van der Waals surface area contributed by atoms with Gasteiger partial charge < -0.3 is 29.9 Å². The SMILES string of the molecule is CCOC(=O)CNC(=O)N1CCN(c2cc(N(C)Cc3cccnc3)nc(Nc3nc(C)c(C(=O)O)s3)n2)CC1. The van der Waals surface area contributed by atoms with Gasteiger partial charge in [-0.3, -0.25) is 15.1 Å². The molecule has 0 unspecified atom stereocenters. The fourth-order valence-electron chi connectivity index (χ4n) is 4.04. The van der Waals surface area contributed by atoms with Crippen molar-refractivity contribution in [3.8, 4) is 0 Å². The van der Waals surface area contributed by atoms with Crippen LogP contribution in [0, 0.1) is 6.92 Å². The van der Waals surface area contributed by atoms with Crippen LogP contribution in [0.15, 0.2) is 30.6 Å². The second kappa shape index (κ2) is 13.0. The number of carbonyl (C=O) groups is 3. The van der Waals surface area contributed by atoms with Gasteiger partial charge in [-0.1, -0.05) is 17.4 Å². The molecule has 3 aromatic heterocycles. The van der Waals surface area contributed by atoms with E-state index in [0.717, 1.165) is 16.9 Å². The number of aromatic nitrogens is 4. The first kappa shape index (κ1) is 28.5. The zero-order valence-electron chi connectivity index (χ0n) is 22.5. The number of rotatable bonds is 10. The molecule has 4 rings (SSSR count). The number of ether oxygens (including phenoxy) is 1. The summed E-state index contributed by atoms with van der Waals surface area (Å²) >= 11 is 1.01. The van der Waals surface area contributed by atoms with Gasteiger partial charge >= 0.3 is 18.0 Å². The molecule has 212 valence electrons. The second-order valence-electron chi connectivity index (χ2n) is 8.93. The summed E-state index contributed by atoms with van der Waals surface area (Å²) < 4.78 is 4.85. The molecule has 0 spiro atoms. The maximum absolute atomic E-state index is 12.5. The second-order valence-corrected chi connectivity index (χ2v) is 9.93. The lowest BCUT2D eigenvalue weighted by Gasteiger charge is -2.35. The number of hydrogen-bond donors (Lipinski definition) is 3. The van der Waals surface area contributed by atoms with Crippen LogP contribution in [0.4, 0.5) is 27.5 Å². The number of carboxylic acid groups (broad SMARTS) is 1. The number of esters is 1. The highest BCUT2D eigenvalue weighted by atomic mass is 32.1. The number of urea groups is 1. The lowest BCUT2D eigenvalue weighted by Crippen LogP contribution is -2.52. The average Bonchev–Trinajstić information content (AvgIpc) is 3.32. The highest BCUT2D eigenvalue weighted by molar-refractivity contribution is 7.17. The number of aryl methyl sites for hydroxylation is 1. The predicted molar refractivity (Wildman–Crippen MR) is 149 cm³/mol. The highest BCUT2D eigenvalue weighted by Gasteiger charge is 2.24. The summed E-state index contributed by atoms with van der Waals surface area (Å²) in [5.74, 6) is 0.0236. The van der Waals surface area contributed by atoms with Gasteiger partial charge in [0.25, 0.3) is 0 Å². The first-order valence-corrected chi connectivity index (χ1v) is 13.4. The molecule has 0 radical (unpaired) electrons. The van der Waals surface area contributed by atoms with Crippen LogP contribution in [-0.4, -0.2) is 94.3 Å². The van der Waals surface area contributed by atoms with Crippen LogP contribution in [0.25, 0.3) is 0 Å². The van der Waals surface area contributed by atoms with Crippen LogP contribution in [0.3, 0.4) is 0 Å². The molecule has 0 bridgehead atoms. The molecule has 3 aromatic rings. The van der Waals surface area contributed by atoms with Gasteiger partial charge in [0.1, 0.15) is 23.1 Å². The maximum Gasteiger partial charge on any atom is 0.347 e. The average molecular weight is 570 g/mol. The maximum atomic E-state index is 12.5. The molecule has 2 amide bonds. The zero-order chi connectivity index (χ0) is 28.6. The molecule has 0 saturated carbocycles. The van der Waals surface area contributed by atoms with Crippen molar-refractivity contribution in [2.24, 2.45) is 0 Å². The van der Waals surface area contributed by atoms with Gasteiger partial charge in [-0.2, -0.15) is 9.97 Å². The van der Waals surface area contributed by atoms with Crippen LogP contribution >= 0.6 is 11.3 Å². The van der Waals surface area contributed by atoms with Gasteiger partial charge in [0.15, 0.2) is 5.13 Å². The Bertz CT molecular complexity index is 1350. The Balaban J connectivity index is 1.51. The number of nitrogens with one attached hydrogen (secondary N) is 2. The first-order chi connectivity index (χ1) is 19.2. The number of nitrogens with zero attached hydrogens (tertiary/aromatic N) is 7. The Morgan fingerprint density at radius 2 is 1.95 bits per heavy atom. The largest absolute Gasteiger partial charge is 0.477 e. The lowest BCUT2D eigenvalue weighted by molar-refractivity contribution is -0.141. The molecule has 15 heteroatoms. The van der Waals surface area contributed by atoms with E-state index in [1.807, 2.05) is 35.0 Å². The summed E-state index contributed by atoms with van der Waals surface area (Å²) in [5, 5.41) is 15.4. The van der Waals surface area contributed by atoms with E-state index in [1.165, 1.54) is 0 Å².